The molecule has 1 nitrogen and oxygen atoms in total. The highest BCUT2D eigenvalue weighted by molar-refractivity contribution is 6.32. The summed E-state index contributed by atoms with van der Waals surface area (Å²) in [5.74, 6) is 0. The van der Waals surface area contributed by atoms with Gasteiger partial charge in [0.15, 0.2) is 0 Å². The second kappa shape index (κ2) is 2.73. The van der Waals surface area contributed by atoms with Crippen LogP contribution < -0.4 is 0 Å². The number of hydrogen-bond donors (Lipinski definition) is 1. The largest absolute Gasteiger partial charge is 0.385 e. The number of aliphatic hydroxyl groups is 1. The van der Waals surface area contributed by atoms with Gasteiger partial charge in [-0.15, -0.1) is 0 Å². The maximum absolute atomic E-state index is 9.94. The summed E-state index contributed by atoms with van der Waals surface area (Å²) in [7, 11) is 0. The summed E-state index contributed by atoms with van der Waals surface area (Å²) >= 11 is 6.11. The van der Waals surface area contributed by atoms with Gasteiger partial charge in [-0.25, -0.2) is 0 Å². The Morgan fingerprint density at radius 1 is 1.31 bits per heavy atom. The summed E-state index contributed by atoms with van der Waals surface area (Å²) < 4.78 is 0. The van der Waals surface area contributed by atoms with Gasteiger partial charge in [-0.1, -0.05) is 23.7 Å². The van der Waals surface area contributed by atoms with Crippen LogP contribution in [-0.4, -0.2) is 5.11 Å². The van der Waals surface area contributed by atoms with Crippen LogP contribution in [0.1, 0.15) is 29.5 Å². The summed E-state index contributed by atoms with van der Waals surface area (Å²) in [5.41, 5.74) is 2.54. The lowest BCUT2D eigenvalue weighted by Gasteiger charge is -2.14. The second-order valence-electron chi connectivity index (χ2n) is 3.90. The maximum atomic E-state index is 9.94. The van der Waals surface area contributed by atoms with Gasteiger partial charge >= 0.3 is 0 Å². The topological polar surface area (TPSA) is 20.2 Å². The summed E-state index contributed by atoms with van der Waals surface area (Å²) in [5, 5.41) is 10.7. The van der Waals surface area contributed by atoms with Crippen molar-refractivity contribution in [3.63, 3.8) is 0 Å². The molecule has 1 aromatic rings. The van der Waals surface area contributed by atoms with Crippen molar-refractivity contribution in [1.82, 2.24) is 0 Å². The molecule has 1 aliphatic carbocycles. The molecule has 0 bridgehead atoms. The minimum Gasteiger partial charge on any atom is -0.385 e. The maximum Gasteiger partial charge on any atom is 0.0902 e. The number of aryl methyl sites for hydroxylation is 1. The van der Waals surface area contributed by atoms with Gasteiger partial charge in [0.2, 0.25) is 0 Å². The van der Waals surface area contributed by atoms with Crippen LogP contribution in [0.3, 0.4) is 0 Å². The van der Waals surface area contributed by atoms with Gasteiger partial charge in [-0.2, -0.15) is 0 Å². The van der Waals surface area contributed by atoms with Crippen molar-refractivity contribution in [3.8, 4) is 0 Å². The highest BCUT2D eigenvalue weighted by atomic mass is 35.5. The Bertz CT molecular complexity index is 353. The third-order valence-corrected chi connectivity index (χ3v) is 3.39. The molecule has 0 radical (unpaired) electrons. The lowest BCUT2D eigenvalue weighted by Crippen LogP contribution is -2.07. The fraction of sp³-hybridized carbons (Fsp3) is 0.455. The van der Waals surface area contributed by atoms with E-state index in [9.17, 15) is 5.11 Å². The van der Waals surface area contributed by atoms with Gasteiger partial charge in [0, 0.05) is 5.02 Å². The third-order valence-electron chi connectivity index (χ3n) is 2.80. The lowest BCUT2D eigenvalue weighted by atomic mass is 9.99. The molecule has 0 aromatic heterocycles. The molecule has 0 amide bonds. The predicted molar refractivity (Wildman–Crippen MR) is 54.1 cm³/mol. The fourth-order valence-electron chi connectivity index (χ4n) is 1.71. The van der Waals surface area contributed by atoms with Gasteiger partial charge in [0.1, 0.15) is 0 Å². The number of benzene rings is 1. The van der Waals surface area contributed by atoms with E-state index in [1.54, 1.807) is 0 Å². The molecule has 1 aromatic carbocycles. The summed E-state index contributed by atoms with van der Waals surface area (Å²) in [6, 6.07) is 3.96. The molecular formula is C11H13ClO. The minimum atomic E-state index is -0.568. The first-order chi connectivity index (χ1) is 6.04. The molecule has 0 saturated heterocycles. The summed E-state index contributed by atoms with van der Waals surface area (Å²) in [4.78, 5) is 0. The Balaban J connectivity index is 2.54. The van der Waals surface area contributed by atoms with Crippen molar-refractivity contribution in [1.29, 1.82) is 0 Å². The van der Waals surface area contributed by atoms with Gasteiger partial charge in [-0.3, -0.25) is 0 Å². The highest BCUT2D eigenvalue weighted by Crippen LogP contribution is 2.47. The molecule has 1 saturated carbocycles. The molecule has 1 aliphatic rings. The predicted octanol–water partition coefficient (Wildman–Crippen LogP) is 2.94. The van der Waals surface area contributed by atoms with E-state index in [-0.39, 0.29) is 0 Å². The molecule has 0 spiro atoms. The zero-order chi connectivity index (χ0) is 9.64. The first-order valence-electron chi connectivity index (χ1n) is 4.53. The van der Waals surface area contributed by atoms with Crippen molar-refractivity contribution in [2.45, 2.75) is 32.3 Å². The first kappa shape index (κ1) is 9.04. The highest BCUT2D eigenvalue weighted by Gasteiger charge is 2.43. The average molecular weight is 197 g/mol. The van der Waals surface area contributed by atoms with Gasteiger partial charge in [0.25, 0.3) is 0 Å². The van der Waals surface area contributed by atoms with Gasteiger partial charge in [-0.05, 0) is 43.4 Å². The Labute approximate surface area is 83.3 Å². The summed E-state index contributed by atoms with van der Waals surface area (Å²) in [6.45, 7) is 3.96. The summed E-state index contributed by atoms with van der Waals surface area (Å²) in [6.07, 6.45) is 1.74. The van der Waals surface area contributed by atoms with E-state index in [2.05, 4.69) is 0 Å². The Kier molecular flexibility index (Phi) is 1.90. The van der Waals surface area contributed by atoms with E-state index in [1.165, 1.54) is 0 Å². The number of halogens is 1. The second-order valence-corrected chi connectivity index (χ2v) is 4.28. The van der Waals surface area contributed by atoms with Crippen molar-refractivity contribution in [2.24, 2.45) is 0 Å². The molecular weight excluding hydrogens is 184 g/mol. The van der Waals surface area contributed by atoms with Crippen LogP contribution in [0.4, 0.5) is 0 Å². The smallest absolute Gasteiger partial charge is 0.0902 e. The van der Waals surface area contributed by atoms with Crippen LogP contribution in [0.2, 0.25) is 5.02 Å². The van der Waals surface area contributed by atoms with Crippen LogP contribution in [0.5, 0.6) is 0 Å². The Morgan fingerprint density at radius 2 is 1.92 bits per heavy atom. The van der Waals surface area contributed by atoms with E-state index < -0.39 is 5.60 Å². The lowest BCUT2D eigenvalue weighted by molar-refractivity contribution is 0.151. The Morgan fingerprint density at radius 3 is 2.46 bits per heavy atom. The number of rotatable bonds is 1. The molecule has 2 heteroatoms. The van der Waals surface area contributed by atoms with E-state index in [0.717, 1.165) is 34.6 Å². The SMILES string of the molecule is Cc1ccc(C2(O)CC2)c(C)c1Cl. The molecule has 0 atom stereocenters. The molecule has 0 aliphatic heterocycles. The quantitative estimate of drug-likeness (QED) is 0.733. The number of hydrogen-bond acceptors (Lipinski definition) is 1. The van der Waals surface area contributed by atoms with Gasteiger partial charge in [0.05, 0.1) is 5.60 Å². The molecule has 1 fully saturated rings. The molecule has 0 unspecified atom stereocenters. The van der Waals surface area contributed by atoms with Crippen molar-refractivity contribution in [2.75, 3.05) is 0 Å². The molecule has 1 N–H and O–H groups in total. The normalized spacial score (nSPS) is 18.8. The molecule has 13 heavy (non-hydrogen) atoms. The third kappa shape index (κ3) is 1.36. The molecule has 0 heterocycles. The molecule has 2 rings (SSSR count). The van der Waals surface area contributed by atoms with E-state index in [0.29, 0.717) is 0 Å². The Hall–Kier alpha value is -0.530. The van der Waals surface area contributed by atoms with E-state index in [4.69, 9.17) is 11.6 Å². The van der Waals surface area contributed by atoms with Crippen molar-refractivity contribution >= 4 is 11.6 Å². The van der Waals surface area contributed by atoms with Crippen molar-refractivity contribution in [3.05, 3.63) is 33.8 Å². The first-order valence-corrected chi connectivity index (χ1v) is 4.91. The van der Waals surface area contributed by atoms with E-state index >= 15 is 0 Å². The average Bonchev–Trinajstić information content (AvgIpc) is 2.80. The minimum absolute atomic E-state index is 0.568. The monoisotopic (exact) mass is 196 g/mol. The molecule has 70 valence electrons. The zero-order valence-corrected chi connectivity index (χ0v) is 8.65. The van der Waals surface area contributed by atoms with Crippen LogP contribution in [0.25, 0.3) is 0 Å². The fourth-order valence-corrected chi connectivity index (χ4v) is 1.88. The zero-order valence-electron chi connectivity index (χ0n) is 7.89. The van der Waals surface area contributed by atoms with Crippen LogP contribution >= 0.6 is 11.6 Å². The van der Waals surface area contributed by atoms with Crippen molar-refractivity contribution < 1.29 is 5.11 Å². The van der Waals surface area contributed by atoms with E-state index in [1.807, 2.05) is 26.0 Å². The standard InChI is InChI=1S/C11H13ClO/c1-7-3-4-9(8(2)10(7)12)11(13)5-6-11/h3-4,13H,5-6H2,1-2H3. The van der Waals surface area contributed by atoms with Gasteiger partial charge < -0.3 is 5.11 Å². The van der Waals surface area contributed by atoms with Crippen LogP contribution in [-0.2, 0) is 5.60 Å². The van der Waals surface area contributed by atoms with Crippen LogP contribution in [0.15, 0.2) is 12.1 Å². The van der Waals surface area contributed by atoms with Crippen LogP contribution in [0, 0.1) is 13.8 Å².